The number of imidazole rings is 1. The van der Waals surface area contributed by atoms with Crippen molar-refractivity contribution < 1.29 is 9.53 Å². The molecule has 0 aromatic carbocycles. The van der Waals surface area contributed by atoms with E-state index in [1.54, 1.807) is 20.8 Å². The number of carbonyl (C=O) groups is 1. The van der Waals surface area contributed by atoms with Gasteiger partial charge in [-0.15, -0.1) is 6.42 Å². The van der Waals surface area contributed by atoms with Crippen molar-refractivity contribution in [2.24, 2.45) is 0 Å². The lowest BCUT2D eigenvalue weighted by Gasteiger charge is -2.19. The van der Waals surface area contributed by atoms with Crippen molar-refractivity contribution in [1.29, 1.82) is 0 Å². The summed E-state index contributed by atoms with van der Waals surface area (Å²) < 4.78 is 6.39. The summed E-state index contributed by atoms with van der Waals surface area (Å²) in [4.78, 5) is 15.6. The molecule has 0 bridgehead atoms. The first-order valence-electron chi connectivity index (χ1n) is 4.67. The second-order valence-electron chi connectivity index (χ2n) is 4.00. The van der Waals surface area contributed by atoms with Crippen molar-refractivity contribution in [2.75, 3.05) is 0 Å². The van der Waals surface area contributed by atoms with Crippen LogP contribution >= 0.6 is 0 Å². The Balaban J connectivity index is 2.94. The molecule has 0 amide bonds. The van der Waals surface area contributed by atoms with Gasteiger partial charge in [0.25, 0.3) is 0 Å². The standard InChI is InChI=1S/C12H12N2O2/c1-5-6-7-10-13-8-9-14(10)11(15)16-12(2,3)4/h1,8-9H,2-4H3. The Morgan fingerprint density at radius 1 is 1.56 bits per heavy atom. The van der Waals surface area contributed by atoms with Crippen LogP contribution < -0.4 is 0 Å². The minimum Gasteiger partial charge on any atom is -0.443 e. The van der Waals surface area contributed by atoms with Crippen LogP contribution in [0.3, 0.4) is 0 Å². The van der Waals surface area contributed by atoms with Crippen molar-refractivity contribution in [3.63, 3.8) is 0 Å². The summed E-state index contributed by atoms with van der Waals surface area (Å²) in [6, 6.07) is 0. The van der Waals surface area contributed by atoms with Gasteiger partial charge in [0, 0.05) is 12.4 Å². The minimum atomic E-state index is -0.557. The van der Waals surface area contributed by atoms with Gasteiger partial charge in [0.1, 0.15) is 5.60 Å². The predicted molar refractivity (Wildman–Crippen MR) is 59.6 cm³/mol. The largest absolute Gasteiger partial charge is 0.443 e. The van der Waals surface area contributed by atoms with Gasteiger partial charge < -0.3 is 4.74 Å². The van der Waals surface area contributed by atoms with E-state index in [1.807, 2.05) is 0 Å². The third-order valence-corrected chi connectivity index (χ3v) is 1.48. The summed E-state index contributed by atoms with van der Waals surface area (Å²) in [5, 5.41) is 0. The number of hydrogen-bond acceptors (Lipinski definition) is 3. The van der Waals surface area contributed by atoms with Crippen LogP contribution in [0.2, 0.25) is 0 Å². The smallest absolute Gasteiger partial charge is 0.420 e. The molecule has 1 aromatic rings. The van der Waals surface area contributed by atoms with Gasteiger partial charge in [-0.2, -0.15) is 0 Å². The SMILES string of the molecule is C#CC#Cc1nccn1C(=O)OC(C)(C)C. The lowest BCUT2D eigenvalue weighted by Crippen LogP contribution is -2.27. The molecule has 0 fully saturated rings. The van der Waals surface area contributed by atoms with Crippen LogP contribution in [0.5, 0.6) is 0 Å². The van der Waals surface area contributed by atoms with Gasteiger partial charge in [-0.05, 0) is 38.5 Å². The molecule has 16 heavy (non-hydrogen) atoms. The van der Waals surface area contributed by atoms with Gasteiger partial charge in [-0.25, -0.2) is 14.3 Å². The predicted octanol–water partition coefficient (Wildman–Crippen LogP) is 1.65. The number of nitrogens with zero attached hydrogens (tertiary/aromatic N) is 2. The van der Waals surface area contributed by atoms with E-state index in [0.29, 0.717) is 0 Å². The highest BCUT2D eigenvalue weighted by atomic mass is 16.6. The van der Waals surface area contributed by atoms with Gasteiger partial charge in [0.05, 0.1) is 0 Å². The highest BCUT2D eigenvalue weighted by Gasteiger charge is 2.19. The lowest BCUT2D eigenvalue weighted by molar-refractivity contribution is 0.0535. The Hall–Kier alpha value is -2.20. The highest BCUT2D eigenvalue weighted by Crippen LogP contribution is 2.09. The van der Waals surface area contributed by atoms with Crippen molar-refractivity contribution in [1.82, 2.24) is 9.55 Å². The van der Waals surface area contributed by atoms with Gasteiger partial charge >= 0.3 is 6.09 Å². The molecular weight excluding hydrogens is 204 g/mol. The molecule has 1 heterocycles. The number of carbonyl (C=O) groups excluding carboxylic acids is 1. The molecule has 0 aliphatic carbocycles. The van der Waals surface area contributed by atoms with Crippen LogP contribution in [0, 0.1) is 24.2 Å². The van der Waals surface area contributed by atoms with Crippen molar-refractivity contribution in [3.8, 4) is 24.2 Å². The normalized spacial score (nSPS) is 9.88. The monoisotopic (exact) mass is 216 g/mol. The fourth-order valence-electron chi connectivity index (χ4n) is 0.946. The van der Waals surface area contributed by atoms with Crippen LogP contribution in [-0.2, 0) is 4.74 Å². The number of terminal acetylenes is 1. The zero-order valence-electron chi connectivity index (χ0n) is 9.44. The van der Waals surface area contributed by atoms with E-state index in [0.717, 1.165) is 0 Å². The number of ether oxygens (including phenoxy) is 1. The molecule has 0 atom stereocenters. The summed E-state index contributed by atoms with van der Waals surface area (Å²) in [7, 11) is 0. The van der Waals surface area contributed by atoms with E-state index >= 15 is 0 Å². The van der Waals surface area contributed by atoms with Crippen LogP contribution in [0.1, 0.15) is 26.6 Å². The molecule has 82 valence electrons. The molecule has 0 aliphatic rings. The van der Waals surface area contributed by atoms with E-state index in [2.05, 4.69) is 22.7 Å². The average molecular weight is 216 g/mol. The molecule has 4 heteroatoms. The van der Waals surface area contributed by atoms with E-state index in [1.165, 1.54) is 17.0 Å². The zero-order valence-corrected chi connectivity index (χ0v) is 9.44. The first-order chi connectivity index (χ1) is 7.44. The fourth-order valence-corrected chi connectivity index (χ4v) is 0.946. The molecule has 1 rings (SSSR count). The topological polar surface area (TPSA) is 44.1 Å². The maximum Gasteiger partial charge on any atom is 0.420 e. The Labute approximate surface area is 94.6 Å². The molecule has 1 aromatic heterocycles. The molecule has 4 nitrogen and oxygen atoms in total. The molecule has 0 saturated carbocycles. The Morgan fingerprint density at radius 3 is 2.81 bits per heavy atom. The van der Waals surface area contributed by atoms with E-state index in [4.69, 9.17) is 11.2 Å². The average Bonchev–Trinajstić information content (AvgIpc) is 2.59. The van der Waals surface area contributed by atoms with Gasteiger partial charge in [0.2, 0.25) is 0 Å². The van der Waals surface area contributed by atoms with Crippen molar-refractivity contribution >= 4 is 6.09 Å². The Morgan fingerprint density at radius 2 is 2.25 bits per heavy atom. The maximum absolute atomic E-state index is 11.7. The summed E-state index contributed by atoms with van der Waals surface area (Å²) in [6.07, 6.45) is 7.42. The summed E-state index contributed by atoms with van der Waals surface area (Å²) in [6.45, 7) is 5.36. The first kappa shape index (κ1) is 11.9. The molecule has 0 radical (unpaired) electrons. The molecule has 0 N–H and O–H groups in total. The number of rotatable bonds is 0. The Kier molecular flexibility index (Phi) is 3.37. The fraction of sp³-hybridized carbons (Fsp3) is 0.333. The van der Waals surface area contributed by atoms with Gasteiger partial charge in [0.15, 0.2) is 5.82 Å². The first-order valence-corrected chi connectivity index (χ1v) is 4.67. The summed E-state index contributed by atoms with van der Waals surface area (Å²) >= 11 is 0. The minimum absolute atomic E-state index is 0.271. The second kappa shape index (κ2) is 4.55. The highest BCUT2D eigenvalue weighted by molar-refractivity contribution is 5.72. The summed E-state index contributed by atoms with van der Waals surface area (Å²) in [5.74, 6) is 7.39. The molecule has 0 spiro atoms. The maximum atomic E-state index is 11.7. The zero-order chi connectivity index (χ0) is 12.2. The van der Waals surface area contributed by atoms with Crippen LogP contribution in [-0.4, -0.2) is 21.2 Å². The summed E-state index contributed by atoms with van der Waals surface area (Å²) in [5.41, 5.74) is -0.557. The quantitative estimate of drug-likeness (QED) is 0.619. The van der Waals surface area contributed by atoms with E-state index in [-0.39, 0.29) is 5.82 Å². The second-order valence-corrected chi connectivity index (χ2v) is 4.00. The third kappa shape index (κ3) is 3.18. The molecular formula is C12H12N2O2. The van der Waals surface area contributed by atoms with Crippen molar-refractivity contribution in [2.45, 2.75) is 26.4 Å². The van der Waals surface area contributed by atoms with Crippen LogP contribution in [0.25, 0.3) is 0 Å². The van der Waals surface area contributed by atoms with Crippen molar-refractivity contribution in [3.05, 3.63) is 18.2 Å². The lowest BCUT2D eigenvalue weighted by atomic mass is 10.2. The number of aromatic nitrogens is 2. The van der Waals surface area contributed by atoms with Crippen LogP contribution in [0.15, 0.2) is 12.4 Å². The van der Waals surface area contributed by atoms with Gasteiger partial charge in [-0.3, -0.25) is 0 Å². The van der Waals surface area contributed by atoms with Gasteiger partial charge in [-0.1, -0.05) is 0 Å². The molecule has 0 aliphatic heterocycles. The number of hydrogen-bond donors (Lipinski definition) is 0. The third-order valence-electron chi connectivity index (χ3n) is 1.48. The Bertz CT molecular complexity index is 490. The van der Waals surface area contributed by atoms with E-state index in [9.17, 15) is 4.79 Å². The molecule has 0 unspecified atom stereocenters. The van der Waals surface area contributed by atoms with E-state index < -0.39 is 11.7 Å². The molecule has 0 saturated heterocycles. The van der Waals surface area contributed by atoms with Crippen LogP contribution in [0.4, 0.5) is 4.79 Å².